The van der Waals surface area contributed by atoms with Crippen molar-refractivity contribution in [3.63, 3.8) is 0 Å². The van der Waals surface area contributed by atoms with Gasteiger partial charge in [-0.2, -0.15) is 5.10 Å². The molecule has 0 unspecified atom stereocenters. The van der Waals surface area contributed by atoms with Crippen molar-refractivity contribution in [2.45, 2.75) is 12.8 Å². The lowest BCUT2D eigenvalue weighted by atomic mass is 10.2. The molecular weight excluding hydrogens is 302 g/mol. The highest BCUT2D eigenvalue weighted by atomic mass is 16.2. The molecule has 0 saturated carbocycles. The Morgan fingerprint density at radius 3 is 2.42 bits per heavy atom. The molecule has 1 aliphatic heterocycles. The van der Waals surface area contributed by atoms with Crippen LogP contribution < -0.4 is 4.90 Å². The highest BCUT2D eigenvalue weighted by Gasteiger charge is 2.21. The van der Waals surface area contributed by atoms with Crippen LogP contribution in [0.4, 0.5) is 5.69 Å². The molecule has 6 heteroatoms. The number of pyridine rings is 1. The van der Waals surface area contributed by atoms with E-state index < -0.39 is 0 Å². The number of carbonyl (C=O) groups excluding carboxylic acids is 1. The standard InChI is InChI=1S/C18H17N5O/c1-22-18(20-17(21-22)13-8-10-19-11-9-13)14-4-6-15(7-5-14)23-12-2-3-16(23)24/h4-11H,2-3,12H2,1H3. The Bertz CT molecular complexity index is 870. The highest BCUT2D eigenvalue weighted by Crippen LogP contribution is 2.26. The van der Waals surface area contributed by atoms with Crippen LogP contribution in [0.15, 0.2) is 48.8 Å². The van der Waals surface area contributed by atoms with E-state index in [1.807, 2.05) is 48.3 Å². The summed E-state index contributed by atoms with van der Waals surface area (Å²) < 4.78 is 1.77. The van der Waals surface area contributed by atoms with Crippen molar-refractivity contribution in [1.29, 1.82) is 0 Å². The van der Waals surface area contributed by atoms with Gasteiger partial charge in [-0.05, 0) is 42.8 Å². The quantitative estimate of drug-likeness (QED) is 0.744. The van der Waals surface area contributed by atoms with Crippen LogP contribution in [0, 0.1) is 0 Å². The third-order valence-electron chi connectivity index (χ3n) is 4.21. The Morgan fingerprint density at radius 2 is 1.75 bits per heavy atom. The van der Waals surface area contributed by atoms with Crippen LogP contribution in [0.2, 0.25) is 0 Å². The number of benzene rings is 1. The van der Waals surface area contributed by atoms with Gasteiger partial charge in [-0.25, -0.2) is 9.67 Å². The zero-order chi connectivity index (χ0) is 16.5. The summed E-state index contributed by atoms with van der Waals surface area (Å²) in [6, 6.07) is 11.7. The molecule has 0 atom stereocenters. The third kappa shape index (κ3) is 2.56. The van der Waals surface area contributed by atoms with Gasteiger partial charge in [0.2, 0.25) is 5.91 Å². The van der Waals surface area contributed by atoms with E-state index in [2.05, 4.69) is 15.1 Å². The van der Waals surface area contributed by atoms with Gasteiger partial charge < -0.3 is 4.90 Å². The van der Waals surface area contributed by atoms with Crippen LogP contribution in [0.25, 0.3) is 22.8 Å². The number of amides is 1. The normalized spacial score (nSPS) is 14.4. The second-order valence-corrected chi connectivity index (χ2v) is 5.81. The van der Waals surface area contributed by atoms with Gasteiger partial charge in [-0.1, -0.05) is 0 Å². The van der Waals surface area contributed by atoms with Crippen LogP contribution in [-0.2, 0) is 11.8 Å². The van der Waals surface area contributed by atoms with Crippen molar-refractivity contribution in [1.82, 2.24) is 19.7 Å². The first-order valence-electron chi connectivity index (χ1n) is 7.94. The smallest absolute Gasteiger partial charge is 0.227 e. The molecule has 3 aromatic rings. The molecule has 24 heavy (non-hydrogen) atoms. The zero-order valence-corrected chi connectivity index (χ0v) is 13.4. The predicted molar refractivity (Wildman–Crippen MR) is 91.3 cm³/mol. The molecule has 0 N–H and O–H groups in total. The maximum absolute atomic E-state index is 11.8. The summed E-state index contributed by atoms with van der Waals surface area (Å²) in [5, 5.41) is 4.48. The minimum atomic E-state index is 0.196. The van der Waals surface area contributed by atoms with E-state index in [0.717, 1.165) is 35.6 Å². The van der Waals surface area contributed by atoms with Crippen LogP contribution in [0.5, 0.6) is 0 Å². The second-order valence-electron chi connectivity index (χ2n) is 5.81. The predicted octanol–water partition coefficient (Wildman–Crippen LogP) is 2.67. The van der Waals surface area contributed by atoms with E-state index in [1.54, 1.807) is 17.1 Å². The second kappa shape index (κ2) is 5.88. The number of aromatic nitrogens is 4. The van der Waals surface area contributed by atoms with Crippen molar-refractivity contribution in [2.75, 3.05) is 11.4 Å². The first-order chi connectivity index (χ1) is 11.7. The molecule has 1 aliphatic rings. The molecule has 0 bridgehead atoms. The minimum Gasteiger partial charge on any atom is -0.312 e. The molecule has 120 valence electrons. The SMILES string of the molecule is Cn1nc(-c2ccncc2)nc1-c1ccc(N2CCCC2=O)cc1. The van der Waals surface area contributed by atoms with Gasteiger partial charge in [0, 0.05) is 49.2 Å². The summed E-state index contributed by atoms with van der Waals surface area (Å²) >= 11 is 0. The lowest BCUT2D eigenvalue weighted by Crippen LogP contribution is -2.23. The number of nitrogens with zero attached hydrogens (tertiary/aromatic N) is 5. The number of carbonyl (C=O) groups is 1. The Hall–Kier alpha value is -3.02. The Balaban J connectivity index is 1.64. The molecule has 4 rings (SSSR count). The first-order valence-corrected chi connectivity index (χ1v) is 7.94. The van der Waals surface area contributed by atoms with E-state index in [9.17, 15) is 4.79 Å². The van der Waals surface area contributed by atoms with E-state index in [-0.39, 0.29) is 5.91 Å². The summed E-state index contributed by atoms with van der Waals surface area (Å²) in [5.41, 5.74) is 2.85. The maximum atomic E-state index is 11.8. The van der Waals surface area contributed by atoms with Gasteiger partial charge in [0.1, 0.15) is 0 Å². The first kappa shape index (κ1) is 14.6. The molecule has 1 amide bonds. The van der Waals surface area contributed by atoms with Crippen LogP contribution in [0.3, 0.4) is 0 Å². The molecule has 1 saturated heterocycles. The van der Waals surface area contributed by atoms with Crippen molar-refractivity contribution in [3.05, 3.63) is 48.8 Å². The molecular formula is C18H17N5O. The van der Waals surface area contributed by atoms with Gasteiger partial charge in [0.25, 0.3) is 0 Å². The van der Waals surface area contributed by atoms with Gasteiger partial charge in [-0.15, -0.1) is 0 Å². The van der Waals surface area contributed by atoms with E-state index >= 15 is 0 Å². The van der Waals surface area contributed by atoms with Crippen LogP contribution >= 0.6 is 0 Å². The number of aryl methyl sites for hydroxylation is 1. The van der Waals surface area contributed by atoms with Gasteiger partial charge in [0.05, 0.1) is 0 Å². The molecule has 1 fully saturated rings. The van der Waals surface area contributed by atoms with Crippen molar-refractivity contribution >= 4 is 11.6 Å². The number of hydrogen-bond donors (Lipinski definition) is 0. The van der Waals surface area contributed by atoms with E-state index in [0.29, 0.717) is 12.2 Å². The molecule has 0 spiro atoms. The molecule has 1 aromatic carbocycles. The summed E-state index contributed by atoms with van der Waals surface area (Å²) in [6.45, 7) is 0.800. The monoisotopic (exact) mass is 319 g/mol. The molecule has 3 heterocycles. The zero-order valence-electron chi connectivity index (χ0n) is 13.4. The van der Waals surface area contributed by atoms with Crippen LogP contribution in [-0.4, -0.2) is 32.2 Å². The third-order valence-corrected chi connectivity index (χ3v) is 4.21. The van der Waals surface area contributed by atoms with Crippen LogP contribution in [0.1, 0.15) is 12.8 Å². The van der Waals surface area contributed by atoms with Gasteiger partial charge >= 0.3 is 0 Å². The lowest BCUT2D eigenvalue weighted by molar-refractivity contribution is -0.117. The molecule has 6 nitrogen and oxygen atoms in total. The van der Waals surface area contributed by atoms with E-state index in [1.165, 1.54) is 0 Å². The fraction of sp³-hybridized carbons (Fsp3) is 0.222. The molecule has 0 radical (unpaired) electrons. The summed E-state index contributed by atoms with van der Waals surface area (Å²) in [6.07, 6.45) is 5.03. The molecule has 0 aliphatic carbocycles. The Labute approximate surface area is 139 Å². The van der Waals surface area contributed by atoms with E-state index in [4.69, 9.17) is 0 Å². The summed E-state index contributed by atoms with van der Waals surface area (Å²) in [4.78, 5) is 22.3. The van der Waals surface area contributed by atoms with Crippen molar-refractivity contribution in [2.24, 2.45) is 7.05 Å². The van der Waals surface area contributed by atoms with Crippen molar-refractivity contribution < 1.29 is 4.79 Å². The largest absolute Gasteiger partial charge is 0.312 e. The minimum absolute atomic E-state index is 0.196. The number of hydrogen-bond acceptors (Lipinski definition) is 4. The fourth-order valence-electron chi connectivity index (χ4n) is 2.97. The maximum Gasteiger partial charge on any atom is 0.227 e. The fourth-order valence-corrected chi connectivity index (χ4v) is 2.97. The number of rotatable bonds is 3. The topological polar surface area (TPSA) is 63.9 Å². The summed E-state index contributed by atoms with van der Waals surface area (Å²) in [5.74, 6) is 1.66. The number of anilines is 1. The van der Waals surface area contributed by atoms with Crippen molar-refractivity contribution in [3.8, 4) is 22.8 Å². The average Bonchev–Trinajstić information content (AvgIpc) is 3.22. The molecule has 2 aromatic heterocycles. The Kier molecular flexibility index (Phi) is 3.57. The lowest BCUT2D eigenvalue weighted by Gasteiger charge is -2.15. The Morgan fingerprint density at radius 1 is 1.00 bits per heavy atom. The average molecular weight is 319 g/mol. The van der Waals surface area contributed by atoms with Gasteiger partial charge in [-0.3, -0.25) is 9.78 Å². The summed E-state index contributed by atoms with van der Waals surface area (Å²) in [7, 11) is 1.88. The highest BCUT2D eigenvalue weighted by molar-refractivity contribution is 5.95. The van der Waals surface area contributed by atoms with Gasteiger partial charge in [0.15, 0.2) is 11.6 Å².